The topological polar surface area (TPSA) is 127 Å². The van der Waals surface area contributed by atoms with E-state index >= 15 is 0 Å². The third-order valence-corrected chi connectivity index (χ3v) is 8.91. The summed E-state index contributed by atoms with van der Waals surface area (Å²) in [5.74, 6) is 0.0992. The van der Waals surface area contributed by atoms with Gasteiger partial charge in [-0.05, 0) is 62.1 Å². The molecule has 0 bridgehead atoms. The Morgan fingerprint density at radius 2 is 2.05 bits per heavy atom. The van der Waals surface area contributed by atoms with Gasteiger partial charge in [-0.1, -0.05) is 37.3 Å². The molecule has 1 aromatic carbocycles. The number of halogens is 1. The number of ether oxygens (including phenoxy) is 1. The summed E-state index contributed by atoms with van der Waals surface area (Å²) < 4.78 is 5.31. The summed E-state index contributed by atoms with van der Waals surface area (Å²) in [5, 5.41) is 16.3. The summed E-state index contributed by atoms with van der Waals surface area (Å²) in [6.07, 6.45) is 9.55. The Hall–Kier alpha value is -3.25. The first-order chi connectivity index (χ1) is 19.2. The van der Waals surface area contributed by atoms with E-state index in [0.29, 0.717) is 48.8 Å². The highest BCUT2D eigenvalue weighted by Gasteiger charge is 2.34. The highest BCUT2D eigenvalue weighted by Crippen LogP contribution is 2.41. The number of fused-ring (bicyclic) bond motifs is 1. The van der Waals surface area contributed by atoms with Crippen LogP contribution in [-0.2, 0) is 9.59 Å². The molecule has 3 N–H and O–H groups in total. The minimum absolute atomic E-state index is 0.0248. The summed E-state index contributed by atoms with van der Waals surface area (Å²) in [7, 11) is 3.42. The van der Waals surface area contributed by atoms with E-state index in [1.165, 1.54) is 6.42 Å². The molecule has 2 heterocycles. The predicted octanol–water partition coefficient (Wildman–Crippen LogP) is 4.95. The van der Waals surface area contributed by atoms with E-state index in [1.807, 2.05) is 18.0 Å². The van der Waals surface area contributed by atoms with Gasteiger partial charge >= 0.3 is 0 Å². The van der Waals surface area contributed by atoms with Gasteiger partial charge in [0.05, 0.1) is 18.2 Å². The third-order valence-electron chi connectivity index (χ3n) is 8.52. The molecule has 1 saturated heterocycles. The molecule has 0 radical (unpaired) electrons. The van der Waals surface area contributed by atoms with Gasteiger partial charge in [0.2, 0.25) is 11.8 Å². The molecule has 2 fully saturated rings. The van der Waals surface area contributed by atoms with Gasteiger partial charge in [-0.15, -0.1) is 0 Å². The summed E-state index contributed by atoms with van der Waals surface area (Å²) >= 11 is 6.46. The molecule has 1 aliphatic carbocycles. The zero-order valence-electron chi connectivity index (χ0n) is 23.5. The molecule has 10 heteroatoms. The molecule has 1 aliphatic heterocycles. The Morgan fingerprint density at radius 3 is 2.73 bits per heavy atom. The molecule has 2 aromatic rings. The molecule has 1 saturated carbocycles. The van der Waals surface area contributed by atoms with Crippen LogP contribution in [0.3, 0.4) is 0 Å². The van der Waals surface area contributed by atoms with Crippen LogP contribution in [0.25, 0.3) is 10.9 Å². The lowest BCUT2D eigenvalue weighted by atomic mass is 9.70. The van der Waals surface area contributed by atoms with Crippen molar-refractivity contribution in [2.75, 3.05) is 27.2 Å². The van der Waals surface area contributed by atoms with Crippen molar-refractivity contribution >= 4 is 40.2 Å². The van der Waals surface area contributed by atoms with Gasteiger partial charge in [-0.2, -0.15) is 5.26 Å². The van der Waals surface area contributed by atoms with Gasteiger partial charge in [0.1, 0.15) is 17.5 Å². The molecule has 216 valence electrons. The normalized spacial score (nSPS) is 19.1. The number of aromatic amines is 1. The monoisotopic (exact) mass is 569 g/mol. The van der Waals surface area contributed by atoms with E-state index in [-0.39, 0.29) is 29.1 Å². The highest BCUT2D eigenvalue weighted by atomic mass is 35.5. The van der Waals surface area contributed by atoms with Gasteiger partial charge in [-0.3, -0.25) is 14.4 Å². The van der Waals surface area contributed by atoms with E-state index < -0.39 is 6.04 Å². The van der Waals surface area contributed by atoms with Gasteiger partial charge in [-0.25, -0.2) is 0 Å². The van der Waals surface area contributed by atoms with E-state index in [0.717, 1.165) is 55.8 Å². The number of hydrogen-bond donors (Lipinski definition) is 3. The second kappa shape index (κ2) is 13.4. The molecular formula is C30H40ClN5O4. The van der Waals surface area contributed by atoms with Crippen LogP contribution in [0.1, 0.15) is 81.1 Å². The van der Waals surface area contributed by atoms with Crippen LogP contribution in [0.5, 0.6) is 5.75 Å². The van der Waals surface area contributed by atoms with Crippen molar-refractivity contribution in [3.63, 3.8) is 0 Å². The van der Waals surface area contributed by atoms with E-state index in [1.54, 1.807) is 19.2 Å². The first-order valence-corrected chi connectivity index (χ1v) is 14.7. The van der Waals surface area contributed by atoms with Crippen molar-refractivity contribution in [2.24, 2.45) is 11.3 Å². The number of nitrogens with one attached hydrogen (secondary N) is 3. The van der Waals surface area contributed by atoms with Crippen LogP contribution in [-0.4, -0.2) is 60.9 Å². The number of hydrogen-bond acceptors (Lipinski definition) is 5. The fourth-order valence-corrected chi connectivity index (χ4v) is 6.64. The molecule has 1 aromatic heterocycles. The van der Waals surface area contributed by atoms with Crippen molar-refractivity contribution in [1.82, 2.24) is 20.5 Å². The van der Waals surface area contributed by atoms with Gasteiger partial charge in [0.15, 0.2) is 0 Å². The average Bonchev–Trinajstić information content (AvgIpc) is 3.57. The Balaban J connectivity index is 1.30. The number of H-pyrrole nitrogens is 1. The minimum atomic E-state index is -0.647. The first-order valence-electron chi connectivity index (χ1n) is 14.3. The fraction of sp³-hybridized carbons (Fsp3) is 0.600. The van der Waals surface area contributed by atoms with Crippen molar-refractivity contribution in [2.45, 2.75) is 76.7 Å². The van der Waals surface area contributed by atoms with E-state index in [2.05, 4.69) is 21.7 Å². The van der Waals surface area contributed by atoms with Gasteiger partial charge < -0.3 is 25.3 Å². The summed E-state index contributed by atoms with van der Waals surface area (Å²) in [6, 6.07) is 6.91. The number of nitrogens with zero attached hydrogens (tertiary/aromatic N) is 2. The number of methoxy groups -OCH3 is 1. The number of nitriles is 1. The van der Waals surface area contributed by atoms with Gasteiger partial charge in [0.25, 0.3) is 5.91 Å². The maximum absolute atomic E-state index is 13.4. The molecule has 2 atom stereocenters. The van der Waals surface area contributed by atoms with E-state index in [9.17, 15) is 19.6 Å². The third kappa shape index (κ3) is 7.08. The molecule has 0 spiro atoms. The lowest BCUT2D eigenvalue weighted by molar-refractivity contribution is -0.124. The average molecular weight is 570 g/mol. The van der Waals surface area contributed by atoms with Crippen LogP contribution < -0.4 is 15.4 Å². The molecule has 0 unspecified atom stereocenters. The predicted molar refractivity (Wildman–Crippen MR) is 154 cm³/mol. The molecule has 40 heavy (non-hydrogen) atoms. The molecule has 9 nitrogen and oxygen atoms in total. The fourth-order valence-electron chi connectivity index (χ4n) is 6.34. The van der Waals surface area contributed by atoms with Crippen molar-refractivity contribution in [3.05, 3.63) is 28.9 Å². The number of aromatic nitrogens is 1. The zero-order chi connectivity index (χ0) is 28.7. The summed E-state index contributed by atoms with van der Waals surface area (Å²) in [6.45, 7) is 1.29. The van der Waals surface area contributed by atoms with Crippen molar-refractivity contribution in [3.8, 4) is 11.8 Å². The summed E-state index contributed by atoms with van der Waals surface area (Å²) in [5.41, 5.74) is 1.31. The minimum Gasteiger partial charge on any atom is -0.495 e. The SMILES string of the molecule is COc1ccc2[nH]c(C(=O)N(C)CC3(CCCCC(=O)N[C@H](C#N)C[C@@H]4CCNC4=O)CCCCC3)cc2c1Cl. The Bertz CT molecular complexity index is 1260. The molecule has 4 rings (SSSR count). The number of unbranched alkanes of at least 4 members (excludes halogenated alkanes) is 1. The lowest BCUT2D eigenvalue weighted by Gasteiger charge is -2.40. The van der Waals surface area contributed by atoms with E-state index in [4.69, 9.17) is 16.3 Å². The summed E-state index contributed by atoms with van der Waals surface area (Å²) in [4.78, 5) is 42.8. The number of carbonyl (C=O) groups is 3. The second-order valence-corrected chi connectivity index (χ2v) is 11.8. The Morgan fingerprint density at radius 1 is 1.27 bits per heavy atom. The first kappa shape index (κ1) is 29.7. The largest absolute Gasteiger partial charge is 0.495 e. The van der Waals surface area contributed by atoms with Crippen molar-refractivity contribution < 1.29 is 19.1 Å². The number of amides is 3. The van der Waals surface area contributed by atoms with Crippen LogP contribution in [0.4, 0.5) is 0 Å². The Kier molecular flexibility index (Phi) is 9.96. The Labute approximate surface area is 240 Å². The van der Waals surface area contributed by atoms with Crippen LogP contribution in [0.2, 0.25) is 5.02 Å². The second-order valence-electron chi connectivity index (χ2n) is 11.4. The van der Waals surface area contributed by atoms with Gasteiger partial charge in [0, 0.05) is 43.4 Å². The molecular weight excluding hydrogens is 530 g/mol. The lowest BCUT2D eigenvalue weighted by Crippen LogP contribution is -2.40. The molecule has 3 amide bonds. The van der Waals surface area contributed by atoms with Crippen LogP contribution >= 0.6 is 11.6 Å². The standard InChI is InChI=1S/C30H40ClN5O4/c1-36(29(39)24-17-22-23(35-24)9-10-25(40-2)27(22)31)19-30(12-5-3-6-13-30)14-7-4-8-26(37)34-21(18-32)16-20-11-15-33-28(20)38/h9-10,17,20-21,35H,3-8,11-16,19H2,1-2H3,(H,33,38)(H,34,37)/t20-,21-/m0/s1. The maximum atomic E-state index is 13.4. The molecule has 2 aliphatic rings. The number of rotatable bonds is 12. The smallest absolute Gasteiger partial charge is 0.270 e. The highest BCUT2D eigenvalue weighted by molar-refractivity contribution is 6.37. The van der Waals surface area contributed by atoms with Crippen LogP contribution in [0, 0.1) is 22.7 Å². The van der Waals surface area contributed by atoms with Crippen molar-refractivity contribution in [1.29, 1.82) is 5.26 Å². The van der Waals surface area contributed by atoms with Crippen LogP contribution in [0.15, 0.2) is 18.2 Å². The number of benzene rings is 1. The quantitative estimate of drug-likeness (QED) is 0.312. The zero-order valence-corrected chi connectivity index (χ0v) is 24.2. The number of carbonyl (C=O) groups excluding carboxylic acids is 3. The maximum Gasteiger partial charge on any atom is 0.270 e.